The van der Waals surface area contributed by atoms with E-state index in [1.807, 2.05) is 0 Å². The second kappa shape index (κ2) is 24.7. The van der Waals surface area contributed by atoms with Crippen LogP contribution in [0.2, 0.25) is 0 Å². The van der Waals surface area contributed by atoms with E-state index in [0.29, 0.717) is 0 Å². The Morgan fingerprint density at radius 3 is 1.06 bits per heavy atom. The van der Waals surface area contributed by atoms with Crippen molar-refractivity contribution in [2.75, 3.05) is 9.80 Å². The number of rotatable bonds is 18. The maximum Gasteiger partial charge on any atom is 0.252 e. The van der Waals surface area contributed by atoms with E-state index in [-0.39, 0.29) is 6.71 Å². The molecule has 0 amide bonds. The Hall–Kier alpha value is -9.70. The van der Waals surface area contributed by atoms with Gasteiger partial charge in [-0.25, -0.2) is 0 Å². The highest BCUT2D eigenvalue weighted by Crippen LogP contribution is 2.54. The summed E-state index contributed by atoms with van der Waals surface area (Å²) in [5.41, 5.74) is 32.0. The molecule has 422 valence electrons. The highest BCUT2D eigenvalue weighted by molar-refractivity contribution is 7.00. The van der Waals surface area contributed by atoms with Crippen LogP contribution in [-0.2, 0) is 19.3 Å². The molecule has 14 rings (SSSR count). The first-order valence-electron chi connectivity index (χ1n) is 31.9. The van der Waals surface area contributed by atoms with Gasteiger partial charge in [0.1, 0.15) is 0 Å². The van der Waals surface area contributed by atoms with Crippen LogP contribution in [0, 0.1) is 0 Å². The summed E-state index contributed by atoms with van der Waals surface area (Å²) >= 11 is 0. The predicted octanol–water partition coefficient (Wildman–Crippen LogP) is 21.5. The summed E-state index contributed by atoms with van der Waals surface area (Å²) in [4.78, 5) is 5.46. The third kappa shape index (κ3) is 10.7. The molecule has 0 bridgehead atoms. The van der Waals surface area contributed by atoms with Crippen LogP contribution in [0.3, 0.4) is 0 Å². The number of aryl methyl sites for hydroxylation is 3. The molecule has 87 heavy (non-hydrogen) atoms. The van der Waals surface area contributed by atoms with Crippen molar-refractivity contribution < 1.29 is 0 Å². The lowest BCUT2D eigenvalue weighted by Gasteiger charge is -2.46. The highest BCUT2D eigenvalue weighted by atomic mass is 15.2. The van der Waals surface area contributed by atoms with Crippen LogP contribution in [0.1, 0.15) is 76.0 Å². The summed E-state index contributed by atoms with van der Waals surface area (Å²) in [5, 5.41) is 0. The first-order chi connectivity index (χ1) is 43.0. The Labute approximate surface area is 516 Å². The van der Waals surface area contributed by atoms with Crippen molar-refractivity contribution in [3.8, 4) is 77.9 Å². The van der Waals surface area contributed by atoms with Crippen molar-refractivity contribution in [3.63, 3.8) is 0 Å². The fourth-order valence-corrected chi connectivity index (χ4v) is 13.8. The Morgan fingerprint density at radius 2 is 0.621 bits per heavy atom. The van der Waals surface area contributed by atoms with Gasteiger partial charge in [0, 0.05) is 45.0 Å². The molecular weight excluding hydrogens is 1050 g/mol. The van der Waals surface area contributed by atoms with Crippen molar-refractivity contribution in [2.45, 2.75) is 78.6 Å². The Morgan fingerprint density at radius 1 is 0.253 bits per heavy atom. The molecule has 0 spiro atoms. The third-order valence-corrected chi connectivity index (χ3v) is 18.1. The SMILES string of the molecule is CCCCc1cccc(-c2ccc3c(c2)B2c4ccc(CCCC)cc4N(c4c(-c5ccccc5)cc(-c5ccccc5)cc4-c4ccccc4)c4cc(CCCC)cc(c42)N3c2c(-c3ccccc3)cc(-c3ccccc3)cc2-c2ccccc2)c1. The molecule has 0 aliphatic carbocycles. The van der Waals surface area contributed by atoms with Crippen LogP contribution in [0.25, 0.3) is 77.9 Å². The molecule has 2 aliphatic rings. The molecule has 2 nitrogen and oxygen atoms in total. The molecule has 12 aromatic rings. The van der Waals surface area contributed by atoms with Crippen LogP contribution in [0.15, 0.2) is 279 Å². The summed E-state index contributed by atoms with van der Waals surface area (Å²) in [6.45, 7) is 6.83. The van der Waals surface area contributed by atoms with Crippen molar-refractivity contribution in [1.82, 2.24) is 0 Å². The van der Waals surface area contributed by atoms with E-state index >= 15 is 0 Å². The van der Waals surface area contributed by atoms with Crippen LogP contribution in [-0.4, -0.2) is 6.71 Å². The molecule has 0 N–H and O–H groups in total. The van der Waals surface area contributed by atoms with Gasteiger partial charge in [-0.1, -0.05) is 271 Å². The van der Waals surface area contributed by atoms with Crippen molar-refractivity contribution >= 4 is 57.2 Å². The molecular formula is C84H73BN2. The predicted molar refractivity (Wildman–Crippen MR) is 374 cm³/mol. The smallest absolute Gasteiger partial charge is 0.252 e. The molecule has 2 aliphatic heterocycles. The van der Waals surface area contributed by atoms with Gasteiger partial charge in [-0.05, 0) is 176 Å². The summed E-state index contributed by atoms with van der Waals surface area (Å²) in [5.74, 6) is 0. The number of unbranched alkanes of at least 4 members (excludes halogenated alkanes) is 3. The average molecular weight is 1120 g/mol. The molecule has 0 saturated heterocycles. The fraction of sp³-hybridized carbons (Fsp3) is 0.143. The second-order valence-electron chi connectivity index (χ2n) is 23.9. The van der Waals surface area contributed by atoms with E-state index in [9.17, 15) is 0 Å². The minimum atomic E-state index is -0.107. The third-order valence-electron chi connectivity index (χ3n) is 18.1. The molecule has 12 aromatic carbocycles. The Bertz CT molecular complexity index is 4270. The molecule has 0 fully saturated rings. The van der Waals surface area contributed by atoms with Crippen molar-refractivity contribution in [3.05, 3.63) is 296 Å². The average Bonchev–Trinajstić information content (AvgIpc) is 0.761. The number of fused-ring (bicyclic) bond motifs is 4. The van der Waals surface area contributed by atoms with Gasteiger partial charge in [0.05, 0.1) is 11.4 Å². The summed E-state index contributed by atoms with van der Waals surface area (Å²) in [6, 6.07) is 106. The number of hydrogen-bond acceptors (Lipinski definition) is 2. The van der Waals surface area contributed by atoms with Crippen molar-refractivity contribution in [2.24, 2.45) is 0 Å². The summed E-state index contributed by atoms with van der Waals surface area (Å²) in [7, 11) is 0. The zero-order valence-electron chi connectivity index (χ0n) is 50.4. The number of anilines is 6. The molecule has 2 heterocycles. The van der Waals surface area contributed by atoms with Crippen LogP contribution < -0.4 is 26.2 Å². The van der Waals surface area contributed by atoms with Gasteiger partial charge in [0.25, 0.3) is 6.71 Å². The lowest BCUT2D eigenvalue weighted by Crippen LogP contribution is -2.61. The van der Waals surface area contributed by atoms with E-state index in [1.165, 1.54) is 152 Å². The first kappa shape index (κ1) is 55.2. The largest absolute Gasteiger partial charge is 0.310 e. The summed E-state index contributed by atoms with van der Waals surface area (Å²) in [6.07, 6.45) is 9.76. The molecule has 3 heteroatoms. The highest BCUT2D eigenvalue weighted by Gasteiger charge is 2.45. The Kier molecular flexibility index (Phi) is 15.7. The number of benzene rings is 12. The van der Waals surface area contributed by atoms with E-state index in [2.05, 4.69) is 310 Å². The maximum atomic E-state index is 2.74. The number of hydrogen-bond donors (Lipinski definition) is 0. The molecule has 0 unspecified atom stereocenters. The van der Waals surface area contributed by atoms with Crippen LogP contribution in [0.5, 0.6) is 0 Å². The number of nitrogens with zero attached hydrogens (tertiary/aromatic N) is 2. The topological polar surface area (TPSA) is 6.48 Å². The van der Waals surface area contributed by atoms with E-state index < -0.39 is 0 Å². The first-order valence-corrected chi connectivity index (χ1v) is 31.9. The van der Waals surface area contributed by atoms with Gasteiger partial charge in [-0.3, -0.25) is 0 Å². The zero-order chi connectivity index (χ0) is 58.6. The fourth-order valence-electron chi connectivity index (χ4n) is 13.8. The van der Waals surface area contributed by atoms with Gasteiger partial charge in [-0.15, -0.1) is 0 Å². The van der Waals surface area contributed by atoms with Crippen molar-refractivity contribution in [1.29, 1.82) is 0 Å². The molecule has 0 atom stereocenters. The summed E-state index contributed by atoms with van der Waals surface area (Å²) < 4.78 is 0. The lowest BCUT2D eigenvalue weighted by atomic mass is 9.33. The Balaban J connectivity index is 1.15. The van der Waals surface area contributed by atoms with E-state index in [1.54, 1.807) is 0 Å². The van der Waals surface area contributed by atoms with Crippen LogP contribution >= 0.6 is 0 Å². The van der Waals surface area contributed by atoms with E-state index in [0.717, 1.165) is 51.4 Å². The van der Waals surface area contributed by atoms with Gasteiger partial charge < -0.3 is 9.80 Å². The molecule has 0 radical (unpaired) electrons. The minimum absolute atomic E-state index is 0.107. The zero-order valence-corrected chi connectivity index (χ0v) is 50.4. The molecule has 0 aromatic heterocycles. The van der Waals surface area contributed by atoms with Crippen LogP contribution in [0.4, 0.5) is 34.1 Å². The second-order valence-corrected chi connectivity index (χ2v) is 23.9. The molecule has 0 saturated carbocycles. The van der Waals surface area contributed by atoms with Gasteiger partial charge in [-0.2, -0.15) is 0 Å². The van der Waals surface area contributed by atoms with Gasteiger partial charge in [0.2, 0.25) is 0 Å². The van der Waals surface area contributed by atoms with Gasteiger partial charge >= 0.3 is 0 Å². The normalized spacial score (nSPS) is 12.2. The lowest BCUT2D eigenvalue weighted by molar-refractivity contribution is 0.794. The van der Waals surface area contributed by atoms with E-state index in [4.69, 9.17) is 0 Å². The standard InChI is InChI=1S/C84H73BN2/c1-4-7-29-59-32-28-45-68(50-59)69-47-49-78-77(58-69)85-76-48-46-60(30-8-5-2)51-79(76)87(84-74(66-41-24-14-25-42-66)56-71(63-35-18-11-19-36-63)57-75(84)67-43-26-15-27-44-67)81-53-61(31-9-6-3)52-80(82(81)85)86(78)83-72(64-37-20-12-21-38-64)54-70(62-33-16-10-17-34-62)55-73(83)65-39-22-13-23-40-65/h10-28,32-58H,4-9,29-31H2,1-3H3. The monoisotopic (exact) mass is 1120 g/mol. The quantitative estimate of drug-likeness (QED) is 0.0790. The maximum absolute atomic E-state index is 2.74. The minimum Gasteiger partial charge on any atom is -0.310 e. The van der Waals surface area contributed by atoms with Gasteiger partial charge in [0.15, 0.2) is 0 Å².